The van der Waals surface area contributed by atoms with Gasteiger partial charge in [0.2, 0.25) is 17.7 Å². The van der Waals surface area contributed by atoms with E-state index in [-0.39, 0.29) is 18.6 Å². The quantitative estimate of drug-likeness (QED) is 0.382. The van der Waals surface area contributed by atoms with Crippen LogP contribution >= 0.6 is 11.6 Å². The molecular formula is C23H29ClN4O4. The summed E-state index contributed by atoms with van der Waals surface area (Å²) in [5.41, 5.74) is 14.8. The number of hydrogen-bond donors (Lipinski definition) is 5. The van der Waals surface area contributed by atoms with E-state index in [9.17, 15) is 19.5 Å². The smallest absolute Gasteiger partial charge is 0.242 e. The van der Waals surface area contributed by atoms with Gasteiger partial charge < -0.3 is 27.2 Å². The second-order valence-electron chi connectivity index (χ2n) is 7.89. The van der Waals surface area contributed by atoms with Crippen LogP contribution < -0.4 is 22.1 Å². The maximum absolute atomic E-state index is 12.5. The summed E-state index contributed by atoms with van der Waals surface area (Å²) in [7, 11) is 0. The fourth-order valence-electron chi connectivity index (χ4n) is 3.37. The Morgan fingerprint density at radius 1 is 1.00 bits per heavy atom. The second-order valence-corrected chi connectivity index (χ2v) is 8.33. The van der Waals surface area contributed by atoms with E-state index in [4.69, 9.17) is 23.1 Å². The van der Waals surface area contributed by atoms with Crippen LogP contribution in [0.4, 0.5) is 0 Å². The SMILES string of the molecule is Cc1cc(O)cc(C)c1C[C@H](N)C(=O)N[C@H](C)C(=O)N[C@@H](Cc1ccc(Cl)cc1)C(N)=O. The van der Waals surface area contributed by atoms with E-state index in [0.717, 1.165) is 22.3 Å². The maximum atomic E-state index is 12.5. The number of halogens is 1. The minimum Gasteiger partial charge on any atom is -0.508 e. The standard InChI is InChI=1S/C23H29ClN4O4/c1-12-8-17(29)9-13(2)18(12)11-19(25)23(32)27-14(3)22(31)28-20(21(26)30)10-15-4-6-16(24)7-5-15/h4-9,14,19-20,29H,10-11,25H2,1-3H3,(H2,26,30)(H,27,32)(H,28,31)/t14-,19+,20+/m1/s1. The summed E-state index contributed by atoms with van der Waals surface area (Å²) in [5, 5.41) is 15.4. The number of benzene rings is 2. The van der Waals surface area contributed by atoms with Crippen molar-refractivity contribution in [3.8, 4) is 5.75 Å². The van der Waals surface area contributed by atoms with Gasteiger partial charge in [0.05, 0.1) is 6.04 Å². The summed E-state index contributed by atoms with van der Waals surface area (Å²) >= 11 is 5.86. The number of carbonyl (C=O) groups excluding carboxylic acids is 3. The zero-order chi connectivity index (χ0) is 24.0. The molecule has 0 aliphatic rings. The van der Waals surface area contributed by atoms with Gasteiger partial charge in [0.1, 0.15) is 17.8 Å². The molecule has 2 aromatic rings. The number of aryl methyl sites for hydroxylation is 2. The Bertz CT molecular complexity index is 971. The molecule has 9 heteroatoms. The molecule has 0 aliphatic carbocycles. The third kappa shape index (κ3) is 6.96. The van der Waals surface area contributed by atoms with Crippen molar-refractivity contribution in [2.24, 2.45) is 11.5 Å². The van der Waals surface area contributed by atoms with Crippen LogP contribution in [0, 0.1) is 13.8 Å². The number of amides is 3. The molecule has 32 heavy (non-hydrogen) atoms. The Kier molecular flexibility index (Phi) is 8.63. The Morgan fingerprint density at radius 2 is 1.56 bits per heavy atom. The maximum Gasteiger partial charge on any atom is 0.242 e. The van der Waals surface area contributed by atoms with Crippen LogP contribution in [0.3, 0.4) is 0 Å². The van der Waals surface area contributed by atoms with Crippen LogP contribution in [0.5, 0.6) is 5.75 Å². The largest absolute Gasteiger partial charge is 0.508 e. The molecule has 0 unspecified atom stereocenters. The van der Waals surface area contributed by atoms with Gasteiger partial charge in [-0.2, -0.15) is 0 Å². The first kappa shape index (κ1) is 25.2. The predicted octanol–water partition coefficient (Wildman–Crippen LogP) is 1.25. The van der Waals surface area contributed by atoms with Gasteiger partial charge in [0.25, 0.3) is 0 Å². The molecule has 0 aromatic heterocycles. The van der Waals surface area contributed by atoms with Crippen molar-refractivity contribution in [1.29, 1.82) is 0 Å². The lowest BCUT2D eigenvalue weighted by Crippen LogP contribution is -2.55. The van der Waals surface area contributed by atoms with Crippen LogP contribution in [-0.4, -0.2) is 41.0 Å². The number of phenols is 1. The number of carbonyl (C=O) groups is 3. The highest BCUT2D eigenvalue weighted by Gasteiger charge is 2.25. The number of primary amides is 1. The van der Waals surface area contributed by atoms with E-state index >= 15 is 0 Å². The lowest BCUT2D eigenvalue weighted by Gasteiger charge is -2.21. The topological polar surface area (TPSA) is 148 Å². The average molecular weight is 461 g/mol. The van der Waals surface area contributed by atoms with Gasteiger partial charge >= 0.3 is 0 Å². The summed E-state index contributed by atoms with van der Waals surface area (Å²) in [4.78, 5) is 36.9. The van der Waals surface area contributed by atoms with Crippen molar-refractivity contribution in [3.63, 3.8) is 0 Å². The molecule has 8 nitrogen and oxygen atoms in total. The number of aromatic hydroxyl groups is 1. The number of nitrogens with two attached hydrogens (primary N) is 2. The summed E-state index contributed by atoms with van der Waals surface area (Å²) in [5.74, 6) is -1.61. The molecular weight excluding hydrogens is 432 g/mol. The molecule has 3 atom stereocenters. The van der Waals surface area contributed by atoms with Crippen molar-refractivity contribution >= 4 is 29.3 Å². The second kappa shape index (κ2) is 11.0. The van der Waals surface area contributed by atoms with Gasteiger partial charge in [0.15, 0.2) is 0 Å². The molecule has 2 rings (SSSR count). The van der Waals surface area contributed by atoms with Gasteiger partial charge in [-0.05, 0) is 73.7 Å². The van der Waals surface area contributed by atoms with E-state index in [1.807, 2.05) is 13.8 Å². The van der Waals surface area contributed by atoms with Crippen molar-refractivity contribution < 1.29 is 19.5 Å². The molecule has 0 spiro atoms. The highest BCUT2D eigenvalue weighted by Crippen LogP contribution is 2.21. The fourth-order valence-corrected chi connectivity index (χ4v) is 3.49. The zero-order valence-electron chi connectivity index (χ0n) is 18.3. The van der Waals surface area contributed by atoms with Crippen LogP contribution in [-0.2, 0) is 27.2 Å². The Balaban J connectivity index is 1.96. The molecule has 3 amide bonds. The normalized spacial score (nSPS) is 13.7. The van der Waals surface area contributed by atoms with Gasteiger partial charge in [-0.25, -0.2) is 0 Å². The van der Waals surface area contributed by atoms with Crippen molar-refractivity contribution in [3.05, 3.63) is 63.7 Å². The highest BCUT2D eigenvalue weighted by atomic mass is 35.5. The van der Waals surface area contributed by atoms with Gasteiger partial charge in [0, 0.05) is 11.4 Å². The number of nitrogens with one attached hydrogen (secondary N) is 2. The number of hydrogen-bond acceptors (Lipinski definition) is 5. The summed E-state index contributed by atoms with van der Waals surface area (Å²) in [6, 6.07) is 7.28. The van der Waals surface area contributed by atoms with E-state index in [1.165, 1.54) is 6.92 Å². The Labute approximate surface area is 192 Å². The first-order valence-corrected chi connectivity index (χ1v) is 10.5. The van der Waals surface area contributed by atoms with E-state index in [2.05, 4.69) is 10.6 Å². The van der Waals surface area contributed by atoms with E-state index in [1.54, 1.807) is 36.4 Å². The molecule has 0 heterocycles. The van der Waals surface area contributed by atoms with Gasteiger partial charge in [-0.1, -0.05) is 23.7 Å². The third-order valence-electron chi connectivity index (χ3n) is 5.21. The van der Waals surface area contributed by atoms with Crippen molar-refractivity contribution in [1.82, 2.24) is 10.6 Å². The Morgan fingerprint density at radius 3 is 2.09 bits per heavy atom. The lowest BCUT2D eigenvalue weighted by atomic mass is 9.96. The average Bonchev–Trinajstić information content (AvgIpc) is 2.71. The number of rotatable bonds is 9. The van der Waals surface area contributed by atoms with Gasteiger partial charge in [-0.3, -0.25) is 14.4 Å². The van der Waals surface area contributed by atoms with Crippen LogP contribution in [0.1, 0.15) is 29.2 Å². The first-order valence-electron chi connectivity index (χ1n) is 10.2. The number of phenolic OH excluding ortho intramolecular Hbond substituents is 1. The van der Waals surface area contributed by atoms with Crippen molar-refractivity contribution in [2.45, 2.75) is 51.7 Å². The van der Waals surface area contributed by atoms with Crippen molar-refractivity contribution in [2.75, 3.05) is 0 Å². The molecule has 0 saturated heterocycles. The third-order valence-corrected chi connectivity index (χ3v) is 5.46. The van der Waals surface area contributed by atoms with Gasteiger partial charge in [-0.15, -0.1) is 0 Å². The van der Waals surface area contributed by atoms with Crippen LogP contribution in [0.2, 0.25) is 5.02 Å². The Hall–Kier alpha value is -3.10. The molecule has 2 aromatic carbocycles. The molecule has 172 valence electrons. The monoisotopic (exact) mass is 460 g/mol. The summed E-state index contributed by atoms with van der Waals surface area (Å²) in [6.07, 6.45) is 0.441. The minimum atomic E-state index is -0.945. The molecule has 0 saturated carbocycles. The zero-order valence-corrected chi connectivity index (χ0v) is 19.1. The summed E-state index contributed by atoms with van der Waals surface area (Å²) < 4.78 is 0. The lowest BCUT2D eigenvalue weighted by molar-refractivity contribution is -0.131. The fraction of sp³-hybridized carbons (Fsp3) is 0.348. The first-order chi connectivity index (χ1) is 15.0. The molecule has 0 aliphatic heterocycles. The molecule has 7 N–H and O–H groups in total. The minimum absolute atomic E-state index is 0.148. The molecule has 0 radical (unpaired) electrons. The van der Waals surface area contributed by atoms with E-state index < -0.39 is 35.8 Å². The summed E-state index contributed by atoms with van der Waals surface area (Å²) in [6.45, 7) is 5.15. The molecule has 0 fully saturated rings. The molecule has 0 bridgehead atoms. The predicted molar refractivity (Wildman–Crippen MR) is 123 cm³/mol. The van der Waals surface area contributed by atoms with E-state index in [0.29, 0.717) is 5.02 Å². The van der Waals surface area contributed by atoms with Crippen LogP contribution in [0.25, 0.3) is 0 Å². The van der Waals surface area contributed by atoms with Crippen LogP contribution in [0.15, 0.2) is 36.4 Å². The highest BCUT2D eigenvalue weighted by molar-refractivity contribution is 6.30.